The van der Waals surface area contributed by atoms with Gasteiger partial charge in [0.15, 0.2) is 0 Å². The number of carbonyl (C=O) groups is 3. The molecule has 5 N–H and O–H groups in total. The highest BCUT2D eigenvalue weighted by Crippen LogP contribution is 2.16. The second kappa shape index (κ2) is 17.0. The molecule has 3 aliphatic rings. The Morgan fingerprint density at radius 1 is 1.09 bits per heavy atom. The van der Waals surface area contributed by atoms with E-state index in [1.165, 1.54) is 0 Å². The maximum absolute atomic E-state index is 13.7. The number of ether oxygens (including phenoxy) is 3. The minimum atomic E-state index is -1.06. The van der Waals surface area contributed by atoms with E-state index in [-0.39, 0.29) is 30.4 Å². The van der Waals surface area contributed by atoms with Gasteiger partial charge in [0.2, 0.25) is 11.8 Å². The zero-order valence-corrected chi connectivity index (χ0v) is 25.6. The number of aliphatic hydroxyl groups is 1. The minimum Gasteiger partial charge on any atom is -0.494 e. The lowest BCUT2D eigenvalue weighted by Gasteiger charge is -2.29. The van der Waals surface area contributed by atoms with E-state index >= 15 is 0 Å². The molecule has 240 valence electrons. The van der Waals surface area contributed by atoms with Crippen LogP contribution in [0.2, 0.25) is 0 Å². The lowest BCUT2D eigenvalue weighted by molar-refractivity contribution is -0.131. The summed E-state index contributed by atoms with van der Waals surface area (Å²) in [6.45, 7) is 5.69. The third-order valence-corrected chi connectivity index (χ3v) is 8.16. The van der Waals surface area contributed by atoms with Gasteiger partial charge in [-0.25, -0.2) is 4.79 Å². The van der Waals surface area contributed by atoms with E-state index in [0.717, 1.165) is 11.1 Å². The van der Waals surface area contributed by atoms with Crippen molar-refractivity contribution in [2.45, 2.75) is 76.3 Å². The summed E-state index contributed by atoms with van der Waals surface area (Å²) in [6.07, 6.45) is 0.621. The van der Waals surface area contributed by atoms with Crippen LogP contribution in [-0.4, -0.2) is 86.3 Å². The van der Waals surface area contributed by atoms with Gasteiger partial charge in [-0.15, -0.1) is 0 Å². The largest absolute Gasteiger partial charge is 0.494 e. The van der Waals surface area contributed by atoms with Crippen LogP contribution in [0.15, 0.2) is 54.6 Å². The van der Waals surface area contributed by atoms with Crippen molar-refractivity contribution >= 4 is 17.9 Å². The SMILES string of the molecule is CCC(C)[C@@H]1NC(=O)[C@@H](NC[C@@H](O)[C@H](Cc2ccccc2)NC(=O)OC2CCOC2)Cc2ccc(cc2)OCCCNC1=O. The molecule has 11 heteroatoms. The molecule has 2 aromatic carbocycles. The Labute approximate surface area is 259 Å². The topological polar surface area (TPSA) is 147 Å². The first-order valence-corrected chi connectivity index (χ1v) is 15.6. The molecule has 6 atom stereocenters. The molecule has 0 aromatic heterocycles. The van der Waals surface area contributed by atoms with Gasteiger partial charge in [0.1, 0.15) is 17.9 Å². The summed E-state index contributed by atoms with van der Waals surface area (Å²) >= 11 is 0. The lowest BCUT2D eigenvalue weighted by Crippen LogP contribution is -2.57. The maximum atomic E-state index is 13.7. The van der Waals surface area contributed by atoms with Crippen molar-refractivity contribution in [2.24, 2.45) is 5.92 Å². The van der Waals surface area contributed by atoms with Gasteiger partial charge in [0, 0.05) is 19.5 Å². The van der Waals surface area contributed by atoms with Crippen molar-refractivity contribution < 1.29 is 33.7 Å². The fourth-order valence-electron chi connectivity index (χ4n) is 5.25. The Balaban J connectivity index is 1.49. The number of benzene rings is 2. The number of hydrogen-bond donors (Lipinski definition) is 5. The molecular weight excluding hydrogens is 564 g/mol. The molecule has 0 aliphatic carbocycles. The smallest absolute Gasteiger partial charge is 0.407 e. The van der Waals surface area contributed by atoms with E-state index in [4.69, 9.17) is 14.2 Å². The Kier molecular flexibility index (Phi) is 12.8. The van der Waals surface area contributed by atoms with Gasteiger partial charge in [-0.05, 0) is 48.4 Å². The summed E-state index contributed by atoms with van der Waals surface area (Å²) in [5.41, 5.74) is 1.82. The number of carbonyl (C=O) groups excluding carboxylic acids is 3. The first-order chi connectivity index (χ1) is 21.3. The van der Waals surface area contributed by atoms with Crippen LogP contribution in [-0.2, 0) is 31.9 Å². The molecule has 2 aromatic rings. The molecule has 11 nitrogen and oxygen atoms in total. The van der Waals surface area contributed by atoms with Gasteiger partial charge >= 0.3 is 6.09 Å². The Morgan fingerprint density at radius 3 is 2.57 bits per heavy atom. The fourth-order valence-corrected chi connectivity index (χ4v) is 5.25. The highest BCUT2D eigenvalue weighted by Gasteiger charge is 2.31. The highest BCUT2D eigenvalue weighted by molar-refractivity contribution is 5.90. The lowest BCUT2D eigenvalue weighted by atomic mass is 9.96. The van der Waals surface area contributed by atoms with E-state index in [0.29, 0.717) is 64.2 Å². The molecular formula is C33H46N4O7. The third kappa shape index (κ3) is 10.2. The zero-order chi connectivity index (χ0) is 31.3. The third-order valence-electron chi connectivity index (χ3n) is 8.16. The summed E-state index contributed by atoms with van der Waals surface area (Å²) < 4.78 is 16.6. The van der Waals surface area contributed by atoms with Crippen LogP contribution in [0.3, 0.4) is 0 Å². The Hall–Kier alpha value is -3.67. The monoisotopic (exact) mass is 610 g/mol. The zero-order valence-electron chi connectivity index (χ0n) is 25.6. The number of fused-ring (bicyclic) bond motifs is 12. The number of nitrogens with one attached hydrogen (secondary N) is 4. The normalized spacial score (nSPS) is 23.2. The first kappa shape index (κ1) is 33.2. The number of amides is 3. The van der Waals surface area contributed by atoms with Crippen molar-refractivity contribution in [1.82, 2.24) is 21.3 Å². The molecule has 2 bridgehead atoms. The van der Waals surface area contributed by atoms with Gasteiger partial charge in [0.05, 0.1) is 38.0 Å². The summed E-state index contributed by atoms with van der Waals surface area (Å²) in [5, 5.41) is 23.3. The van der Waals surface area contributed by atoms with Gasteiger partial charge in [-0.3, -0.25) is 9.59 Å². The quantitative estimate of drug-likeness (QED) is 0.275. The van der Waals surface area contributed by atoms with Crippen LogP contribution in [0.5, 0.6) is 5.75 Å². The standard InChI is InChI=1S/C33H46N4O7/c1-3-22(2)30-32(40)34-15-7-16-43-25-12-10-24(11-13-25)19-28(31(39)37-30)35-20-29(38)27(18-23-8-5-4-6-9-23)36-33(41)44-26-14-17-42-21-26/h4-6,8-13,22,26-30,35,38H,3,7,14-21H2,1-2H3,(H,34,40)(H,36,41)(H,37,39)/t22?,26?,27-,28-,29+,30-/m0/s1. The second-order valence-corrected chi connectivity index (χ2v) is 11.6. The van der Waals surface area contributed by atoms with Crippen LogP contribution < -0.4 is 26.0 Å². The van der Waals surface area contributed by atoms with E-state index in [9.17, 15) is 19.5 Å². The number of aliphatic hydroxyl groups excluding tert-OH is 1. The van der Waals surface area contributed by atoms with Crippen LogP contribution in [0.4, 0.5) is 4.79 Å². The van der Waals surface area contributed by atoms with Crippen LogP contribution in [0.25, 0.3) is 0 Å². The van der Waals surface area contributed by atoms with Gasteiger partial charge < -0.3 is 40.6 Å². The first-order valence-electron chi connectivity index (χ1n) is 15.6. The van der Waals surface area contributed by atoms with Crippen molar-refractivity contribution in [1.29, 1.82) is 0 Å². The molecule has 0 radical (unpaired) electrons. The average molecular weight is 611 g/mol. The van der Waals surface area contributed by atoms with Gasteiger partial charge in [-0.1, -0.05) is 62.7 Å². The van der Waals surface area contributed by atoms with Gasteiger partial charge in [0.25, 0.3) is 0 Å². The summed E-state index contributed by atoms with van der Waals surface area (Å²) in [7, 11) is 0. The second-order valence-electron chi connectivity index (χ2n) is 11.6. The van der Waals surface area contributed by atoms with Crippen molar-refractivity contribution in [2.75, 3.05) is 32.9 Å². The summed E-state index contributed by atoms with van der Waals surface area (Å²) in [5.74, 6) is 0.0367. The molecule has 1 saturated heterocycles. The Bertz CT molecular complexity index is 1190. The van der Waals surface area contributed by atoms with E-state index in [2.05, 4.69) is 21.3 Å². The van der Waals surface area contributed by atoms with Crippen LogP contribution >= 0.6 is 0 Å². The minimum absolute atomic E-state index is 0.00377. The van der Waals surface area contributed by atoms with Crippen LogP contribution in [0.1, 0.15) is 44.2 Å². The molecule has 3 aliphatic heterocycles. The highest BCUT2D eigenvalue weighted by atomic mass is 16.6. The molecule has 2 unspecified atom stereocenters. The van der Waals surface area contributed by atoms with Crippen LogP contribution in [0, 0.1) is 5.92 Å². The van der Waals surface area contributed by atoms with E-state index < -0.39 is 30.3 Å². The Morgan fingerprint density at radius 2 is 1.86 bits per heavy atom. The molecule has 44 heavy (non-hydrogen) atoms. The van der Waals surface area contributed by atoms with Gasteiger partial charge in [-0.2, -0.15) is 0 Å². The number of rotatable bonds is 10. The molecule has 0 saturated carbocycles. The summed E-state index contributed by atoms with van der Waals surface area (Å²) in [6, 6.07) is 14.9. The van der Waals surface area contributed by atoms with E-state index in [1.807, 2.05) is 68.4 Å². The number of hydrogen-bond acceptors (Lipinski definition) is 8. The maximum Gasteiger partial charge on any atom is 0.407 e. The fraction of sp³-hybridized carbons (Fsp3) is 0.545. The van der Waals surface area contributed by atoms with E-state index in [1.54, 1.807) is 0 Å². The molecule has 1 fully saturated rings. The predicted octanol–water partition coefficient (Wildman–Crippen LogP) is 2.10. The predicted molar refractivity (Wildman–Crippen MR) is 165 cm³/mol. The van der Waals surface area contributed by atoms with Crippen molar-refractivity contribution in [3.8, 4) is 5.75 Å². The van der Waals surface area contributed by atoms with Crippen molar-refractivity contribution in [3.63, 3.8) is 0 Å². The molecule has 5 rings (SSSR count). The summed E-state index contributed by atoms with van der Waals surface area (Å²) in [4.78, 5) is 39.5. The molecule has 3 amide bonds. The van der Waals surface area contributed by atoms with Crippen molar-refractivity contribution in [3.05, 3.63) is 65.7 Å². The molecule has 0 spiro atoms. The molecule has 3 heterocycles. The number of alkyl carbamates (subject to hydrolysis) is 1. The average Bonchev–Trinajstić information content (AvgIpc) is 3.54.